The monoisotopic (exact) mass is 209 g/mol. The van der Waals surface area contributed by atoms with E-state index in [0.29, 0.717) is 11.7 Å². The van der Waals surface area contributed by atoms with Gasteiger partial charge in [-0.05, 0) is 31.8 Å². The van der Waals surface area contributed by atoms with Gasteiger partial charge in [0.1, 0.15) is 0 Å². The standard InChI is InChI=1S/C10H15N3O2/c1-7(14)10-12-9(13-15-10)6-8-2-4-11-5-3-8/h8,11H,2-6H2,1H3. The Labute approximate surface area is 88.2 Å². The van der Waals surface area contributed by atoms with Crippen LogP contribution in [0.1, 0.15) is 36.3 Å². The van der Waals surface area contributed by atoms with Crippen LogP contribution in [0.2, 0.25) is 0 Å². The second-order valence-electron chi connectivity index (χ2n) is 3.97. The quantitative estimate of drug-likeness (QED) is 0.746. The Morgan fingerprint density at radius 3 is 2.87 bits per heavy atom. The molecule has 0 bridgehead atoms. The molecule has 5 nitrogen and oxygen atoms in total. The van der Waals surface area contributed by atoms with Crippen molar-refractivity contribution in [1.82, 2.24) is 15.5 Å². The molecule has 15 heavy (non-hydrogen) atoms. The van der Waals surface area contributed by atoms with Crippen LogP contribution in [0.25, 0.3) is 0 Å². The molecule has 2 heterocycles. The average molecular weight is 209 g/mol. The first-order valence-corrected chi connectivity index (χ1v) is 5.30. The molecular formula is C10H15N3O2. The number of nitrogens with zero attached hydrogens (tertiary/aromatic N) is 2. The average Bonchev–Trinajstić information content (AvgIpc) is 2.68. The van der Waals surface area contributed by atoms with E-state index in [4.69, 9.17) is 4.52 Å². The Morgan fingerprint density at radius 2 is 2.27 bits per heavy atom. The molecule has 1 aliphatic heterocycles. The zero-order valence-electron chi connectivity index (χ0n) is 8.82. The van der Waals surface area contributed by atoms with Crippen molar-refractivity contribution >= 4 is 5.78 Å². The van der Waals surface area contributed by atoms with Crippen molar-refractivity contribution in [2.24, 2.45) is 5.92 Å². The highest BCUT2D eigenvalue weighted by molar-refractivity contribution is 5.89. The van der Waals surface area contributed by atoms with Gasteiger partial charge in [-0.15, -0.1) is 0 Å². The lowest BCUT2D eigenvalue weighted by molar-refractivity contribution is 0.0972. The molecule has 0 spiro atoms. The van der Waals surface area contributed by atoms with Crippen molar-refractivity contribution in [3.8, 4) is 0 Å². The van der Waals surface area contributed by atoms with Crippen molar-refractivity contribution in [2.45, 2.75) is 26.2 Å². The van der Waals surface area contributed by atoms with Gasteiger partial charge in [-0.1, -0.05) is 5.16 Å². The topological polar surface area (TPSA) is 68.0 Å². The summed E-state index contributed by atoms with van der Waals surface area (Å²) in [6.45, 7) is 3.55. The van der Waals surface area contributed by atoms with E-state index in [1.54, 1.807) is 0 Å². The first-order valence-electron chi connectivity index (χ1n) is 5.30. The number of rotatable bonds is 3. The molecule has 1 fully saturated rings. The van der Waals surface area contributed by atoms with Crippen LogP contribution in [0.4, 0.5) is 0 Å². The van der Waals surface area contributed by atoms with Crippen molar-refractivity contribution in [1.29, 1.82) is 0 Å². The number of ketones is 1. The van der Waals surface area contributed by atoms with Gasteiger partial charge in [0.2, 0.25) is 5.78 Å². The van der Waals surface area contributed by atoms with Gasteiger partial charge in [0, 0.05) is 13.3 Å². The zero-order valence-corrected chi connectivity index (χ0v) is 8.82. The lowest BCUT2D eigenvalue weighted by atomic mass is 9.94. The number of piperidine rings is 1. The maximum Gasteiger partial charge on any atom is 0.293 e. The van der Waals surface area contributed by atoms with Crippen molar-refractivity contribution in [2.75, 3.05) is 13.1 Å². The molecule has 0 aromatic carbocycles. The smallest absolute Gasteiger partial charge is 0.293 e. The number of nitrogens with one attached hydrogen (secondary N) is 1. The maximum atomic E-state index is 10.9. The van der Waals surface area contributed by atoms with Crippen LogP contribution >= 0.6 is 0 Å². The Morgan fingerprint density at radius 1 is 1.53 bits per heavy atom. The highest BCUT2D eigenvalue weighted by atomic mass is 16.5. The molecule has 1 aliphatic rings. The van der Waals surface area contributed by atoms with Gasteiger partial charge >= 0.3 is 0 Å². The molecule has 0 radical (unpaired) electrons. The Bertz CT molecular complexity index is 342. The predicted octanol–water partition coefficient (Wildman–Crippen LogP) is 0.814. The fraction of sp³-hybridized carbons (Fsp3) is 0.700. The van der Waals surface area contributed by atoms with E-state index >= 15 is 0 Å². The number of carbonyl (C=O) groups excluding carboxylic acids is 1. The van der Waals surface area contributed by atoms with Crippen molar-refractivity contribution in [3.63, 3.8) is 0 Å². The highest BCUT2D eigenvalue weighted by Crippen LogP contribution is 2.16. The van der Waals surface area contributed by atoms with Gasteiger partial charge in [0.05, 0.1) is 0 Å². The van der Waals surface area contributed by atoms with Crippen LogP contribution in [-0.4, -0.2) is 29.0 Å². The van der Waals surface area contributed by atoms with Crippen LogP contribution in [-0.2, 0) is 6.42 Å². The predicted molar refractivity (Wildman–Crippen MR) is 53.6 cm³/mol. The summed E-state index contributed by atoms with van der Waals surface area (Å²) in [5.41, 5.74) is 0. The number of hydrogen-bond acceptors (Lipinski definition) is 5. The minimum Gasteiger partial charge on any atom is -0.331 e. The Kier molecular flexibility index (Phi) is 3.11. The zero-order chi connectivity index (χ0) is 10.7. The second kappa shape index (κ2) is 4.53. The lowest BCUT2D eigenvalue weighted by Gasteiger charge is -2.20. The lowest BCUT2D eigenvalue weighted by Crippen LogP contribution is -2.28. The van der Waals surface area contributed by atoms with Gasteiger partial charge < -0.3 is 9.84 Å². The number of Topliss-reactive ketones (excluding diaryl/α,β-unsaturated/α-hetero) is 1. The van der Waals surface area contributed by atoms with Gasteiger partial charge in [-0.3, -0.25) is 4.79 Å². The van der Waals surface area contributed by atoms with Crippen LogP contribution in [0, 0.1) is 5.92 Å². The molecule has 1 aromatic rings. The maximum absolute atomic E-state index is 10.9. The largest absolute Gasteiger partial charge is 0.331 e. The summed E-state index contributed by atoms with van der Waals surface area (Å²) < 4.78 is 4.84. The minimum absolute atomic E-state index is 0.124. The molecule has 0 unspecified atom stereocenters. The third-order valence-electron chi connectivity index (χ3n) is 2.70. The number of carbonyl (C=O) groups is 1. The first kappa shape index (κ1) is 10.3. The molecule has 5 heteroatoms. The van der Waals surface area contributed by atoms with Crippen molar-refractivity contribution in [3.05, 3.63) is 11.7 Å². The summed E-state index contributed by atoms with van der Waals surface area (Å²) in [5.74, 6) is 1.23. The summed E-state index contributed by atoms with van der Waals surface area (Å²) in [6, 6.07) is 0. The minimum atomic E-state index is -0.168. The third-order valence-corrected chi connectivity index (χ3v) is 2.70. The summed E-state index contributed by atoms with van der Waals surface area (Å²) in [6.07, 6.45) is 3.10. The van der Waals surface area contributed by atoms with Crippen molar-refractivity contribution < 1.29 is 9.32 Å². The van der Waals surface area contributed by atoms with Gasteiger partial charge in [-0.2, -0.15) is 4.98 Å². The molecule has 0 amide bonds. The summed E-state index contributed by atoms with van der Waals surface area (Å²) in [7, 11) is 0. The summed E-state index contributed by atoms with van der Waals surface area (Å²) in [5, 5.41) is 7.11. The fourth-order valence-electron chi connectivity index (χ4n) is 1.82. The molecule has 0 aliphatic carbocycles. The highest BCUT2D eigenvalue weighted by Gasteiger charge is 2.17. The second-order valence-corrected chi connectivity index (χ2v) is 3.97. The third kappa shape index (κ3) is 2.62. The molecule has 2 rings (SSSR count). The Hall–Kier alpha value is -1.23. The molecule has 82 valence electrons. The van der Waals surface area contributed by atoms with Crippen LogP contribution in [0.15, 0.2) is 4.52 Å². The first-order chi connectivity index (χ1) is 7.25. The Balaban J connectivity index is 1.94. The summed E-state index contributed by atoms with van der Waals surface area (Å²) in [4.78, 5) is 15.0. The van der Waals surface area contributed by atoms with E-state index in [0.717, 1.165) is 32.4 Å². The molecule has 1 aromatic heterocycles. The van der Waals surface area contributed by atoms with E-state index in [1.165, 1.54) is 6.92 Å². The number of aromatic nitrogens is 2. The molecule has 0 atom stereocenters. The van der Waals surface area contributed by atoms with Gasteiger partial charge in [-0.25, -0.2) is 0 Å². The molecular weight excluding hydrogens is 194 g/mol. The van der Waals surface area contributed by atoms with Gasteiger partial charge in [0.25, 0.3) is 5.89 Å². The van der Waals surface area contributed by atoms with Crippen LogP contribution < -0.4 is 5.32 Å². The summed E-state index contributed by atoms with van der Waals surface area (Å²) >= 11 is 0. The molecule has 1 saturated heterocycles. The SMILES string of the molecule is CC(=O)c1nc(CC2CCNCC2)no1. The number of hydrogen-bond donors (Lipinski definition) is 1. The van der Waals surface area contributed by atoms with Gasteiger partial charge in [0.15, 0.2) is 5.82 Å². The normalized spacial score (nSPS) is 17.9. The van der Waals surface area contributed by atoms with E-state index in [2.05, 4.69) is 15.5 Å². The van der Waals surface area contributed by atoms with E-state index < -0.39 is 0 Å². The molecule has 1 N–H and O–H groups in total. The van der Waals surface area contributed by atoms with Crippen LogP contribution in [0.3, 0.4) is 0 Å². The fourth-order valence-corrected chi connectivity index (χ4v) is 1.82. The van der Waals surface area contributed by atoms with Crippen LogP contribution in [0.5, 0.6) is 0 Å². The van der Waals surface area contributed by atoms with E-state index in [1.807, 2.05) is 0 Å². The molecule has 0 saturated carbocycles. The van der Waals surface area contributed by atoms with E-state index in [9.17, 15) is 4.79 Å². The van der Waals surface area contributed by atoms with E-state index in [-0.39, 0.29) is 11.7 Å².